The number of amides is 2. The van der Waals surface area contributed by atoms with E-state index >= 15 is 0 Å². The van der Waals surface area contributed by atoms with E-state index in [9.17, 15) is 18.9 Å². The second kappa shape index (κ2) is 10.4. The molecule has 0 aromatic heterocycles. The van der Waals surface area contributed by atoms with E-state index in [4.69, 9.17) is 4.89 Å². The molecule has 0 heterocycles. The van der Waals surface area contributed by atoms with Gasteiger partial charge in [-0.05, 0) is 26.7 Å². The predicted molar refractivity (Wildman–Crippen MR) is 78.3 cm³/mol. The summed E-state index contributed by atoms with van der Waals surface area (Å²) in [5.41, 5.74) is 0. The van der Waals surface area contributed by atoms with Crippen molar-refractivity contribution in [1.82, 2.24) is 10.6 Å². The third-order valence-corrected chi connectivity index (χ3v) is 3.60. The number of phosphoric acid groups is 1. The molecule has 0 rings (SSSR count). The molecule has 9 nitrogen and oxygen atoms in total. The number of hydrogen-bond donors (Lipinski definition) is 3. The number of Topliss-reactive ketones (excluding diaryl/α,β-unsaturated/α-hetero) is 2. The Morgan fingerprint density at radius 2 is 1.86 bits per heavy atom. The van der Waals surface area contributed by atoms with Crippen molar-refractivity contribution < 1.29 is 32.9 Å². The van der Waals surface area contributed by atoms with Crippen LogP contribution in [0.25, 0.3) is 0 Å². The number of carbonyl (C=O) groups is 3. The van der Waals surface area contributed by atoms with Gasteiger partial charge in [0.15, 0.2) is 5.78 Å². The summed E-state index contributed by atoms with van der Waals surface area (Å²) in [6.45, 7) is 2.96. The molecule has 0 spiro atoms. The molecule has 0 aliphatic carbocycles. The summed E-state index contributed by atoms with van der Waals surface area (Å²) in [5.74, 6) is -0.485. The molecule has 3 N–H and O–H groups in total. The second-order valence-corrected chi connectivity index (χ2v) is 6.22. The van der Waals surface area contributed by atoms with Gasteiger partial charge in [-0.2, -0.15) is 0 Å². The van der Waals surface area contributed by atoms with Crippen LogP contribution in [0.5, 0.6) is 0 Å². The van der Waals surface area contributed by atoms with Crippen LogP contribution in [0.1, 0.15) is 33.1 Å². The minimum atomic E-state index is -3.95. The maximum Gasteiger partial charge on any atom is 0.471 e. The summed E-state index contributed by atoms with van der Waals surface area (Å²) >= 11 is 0. The van der Waals surface area contributed by atoms with Crippen LogP contribution in [-0.4, -0.2) is 48.8 Å². The van der Waals surface area contributed by atoms with E-state index in [0.717, 1.165) is 7.11 Å². The minimum Gasteiger partial charge on any atom is -0.338 e. The number of phosphoric ester groups is 1. The van der Waals surface area contributed by atoms with Crippen LogP contribution in [0.4, 0.5) is 4.79 Å². The van der Waals surface area contributed by atoms with Crippen molar-refractivity contribution in [2.45, 2.75) is 39.2 Å². The zero-order valence-corrected chi connectivity index (χ0v) is 13.9. The normalized spacial score (nSPS) is 14.7. The highest BCUT2D eigenvalue weighted by molar-refractivity contribution is 7.47. The van der Waals surface area contributed by atoms with E-state index in [1.807, 2.05) is 0 Å². The molecule has 0 aliphatic rings. The van der Waals surface area contributed by atoms with Gasteiger partial charge in [-0.25, -0.2) is 9.36 Å². The first-order valence-electron chi connectivity index (χ1n) is 6.75. The second-order valence-electron chi connectivity index (χ2n) is 4.66. The third-order valence-electron chi connectivity index (χ3n) is 2.63. The first-order chi connectivity index (χ1) is 10.2. The summed E-state index contributed by atoms with van der Waals surface area (Å²) in [7, 11) is -2.89. The van der Waals surface area contributed by atoms with Crippen molar-refractivity contribution in [3.05, 3.63) is 0 Å². The lowest BCUT2D eigenvalue weighted by atomic mass is 10.1. The Bertz CT molecular complexity index is 441. The molecule has 0 aromatic rings. The monoisotopic (exact) mass is 338 g/mol. The van der Waals surface area contributed by atoms with Crippen molar-refractivity contribution in [3.63, 3.8) is 0 Å². The van der Waals surface area contributed by atoms with E-state index in [-0.39, 0.29) is 24.6 Å². The van der Waals surface area contributed by atoms with Crippen LogP contribution in [0.2, 0.25) is 0 Å². The van der Waals surface area contributed by atoms with Gasteiger partial charge in [-0.1, -0.05) is 0 Å². The van der Waals surface area contributed by atoms with Gasteiger partial charge in [-0.3, -0.25) is 18.6 Å². The summed E-state index contributed by atoms with van der Waals surface area (Å²) in [5, 5.41) is 4.94. The van der Waals surface area contributed by atoms with Crippen LogP contribution < -0.4 is 10.6 Å². The molecule has 0 fully saturated rings. The number of hydrogen-bond acceptors (Lipinski definition) is 6. The molecule has 128 valence electrons. The molecular weight excluding hydrogens is 315 g/mol. The zero-order valence-electron chi connectivity index (χ0n) is 13.0. The van der Waals surface area contributed by atoms with E-state index < -0.39 is 19.9 Å². The molecule has 0 aliphatic heterocycles. The number of nitrogens with one attached hydrogen (secondary N) is 2. The highest BCUT2D eigenvalue weighted by Gasteiger charge is 2.19. The number of urea groups is 1. The standard InChI is InChI=1S/C12H23N2O7P/c1-9(15)8-11(10(2)16)14-12(17)13-6-4-5-7-21-22(18,19)20-3/h11H,4-8H2,1-3H3,(H,18,19)(H2,13,14,17). The third kappa shape index (κ3) is 10.4. The Labute approximate surface area is 129 Å². The molecule has 0 aromatic carbocycles. The smallest absolute Gasteiger partial charge is 0.338 e. The molecule has 10 heteroatoms. The van der Waals surface area contributed by atoms with Gasteiger partial charge in [-0.15, -0.1) is 0 Å². The minimum absolute atomic E-state index is 0.0192. The Hall–Kier alpha value is -1.28. The summed E-state index contributed by atoms with van der Waals surface area (Å²) < 4.78 is 19.8. The van der Waals surface area contributed by atoms with Crippen LogP contribution in [-0.2, 0) is 23.2 Å². The van der Waals surface area contributed by atoms with Crippen LogP contribution >= 0.6 is 7.82 Å². The predicted octanol–water partition coefficient (Wildman–Crippen LogP) is 0.766. The lowest BCUT2D eigenvalue weighted by Crippen LogP contribution is -2.46. The molecule has 0 radical (unpaired) electrons. The van der Waals surface area contributed by atoms with Crippen molar-refractivity contribution in [2.24, 2.45) is 0 Å². The van der Waals surface area contributed by atoms with E-state index in [2.05, 4.69) is 19.7 Å². The fourth-order valence-corrected chi connectivity index (χ4v) is 1.92. The average Bonchev–Trinajstić information content (AvgIpc) is 2.41. The number of carbonyl (C=O) groups excluding carboxylic acids is 3. The first kappa shape index (κ1) is 20.7. The average molecular weight is 338 g/mol. The first-order valence-corrected chi connectivity index (χ1v) is 8.25. The van der Waals surface area contributed by atoms with Gasteiger partial charge >= 0.3 is 13.9 Å². The van der Waals surface area contributed by atoms with E-state index in [1.165, 1.54) is 13.8 Å². The summed E-state index contributed by atoms with van der Waals surface area (Å²) in [6.07, 6.45) is 0.908. The van der Waals surface area contributed by atoms with Gasteiger partial charge in [0.25, 0.3) is 0 Å². The molecule has 22 heavy (non-hydrogen) atoms. The molecule has 0 bridgehead atoms. The summed E-state index contributed by atoms with van der Waals surface area (Å²) in [4.78, 5) is 42.8. The van der Waals surface area contributed by atoms with E-state index in [0.29, 0.717) is 19.4 Å². The number of rotatable bonds is 11. The van der Waals surface area contributed by atoms with Gasteiger partial charge < -0.3 is 15.5 Å². The highest BCUT2D eigenvalue weighted by Crippen LogP contribution is 2.41. The number of ketones is 2. The molecule has 2 amide bonds. The lowest BCUT2D eigenvalue weighted by molar-refractivity contribution is -0.123. The van der Waals surface area contributed by atoms with Crippen molar-refractivity contribution in [2.75, 3.05) is 20.3 Å². The molecule has 0 saturated heterocycles. The molecule has 0 saturated carbocycles. The van der Waals surface area contributed by atoms with Crippen molar-refractivity contribution in [1.29, 1.82) is 0 Å². The van der Waals surface area contributed by atoms with Gasteiger partial charge in [0, 0.05) is 20.1 Å². The van der Waals surface area contributed by atoms with Crippen LogP contribution in [0.15, 0.2) is 0 Å². The Morgan fingerprint density at radius 3 is 2.36 bits per heavy atom. The summed E-state index contributed by atoms with van der Waals surface area (Å²) in [6, 6.07) is -1.38. The fraction of sp³-hybridized carbons (Fsp3) is 0.750. The lowest BCUT2D eigenvalue weighted by Gasteiger charge is -2.15. The van der Waals surface area contributed by atoms with Crippen molar-refractivity contribution >= 4 is 25.4 Å². The Balaban J connectivity index is 3.87. The maximum atomic E-state index is 11.6. The molecular formula is C12H23N2O7P. The van der Waals surface area contributed by atoms with Crippen molar-refractivity contribution in [3.8, 4) is 0 Å². The van der Waals surface area contributed by atoms with Gasteiger partial charge in [0.05, 0.1) is 12.6 Å². The van der Waals surface area contributed by atoms with Crippen LogP contribution in [0.3, 0.4) is 0 Å². The van der Waals surface area contributed by atoms with Crippen LogP contribution in [0, 0.1) is 0 Å². The maximum absolute atomic E-state index is 11.6. The zero-order chi connectivity index (χ0) is 17.2. The quantitative estimate of drug-likeness (QED) is 0.374. The van der Waals surface area contributed by atoms with E-state index in [1.54, 1.807) is 0 Å². The topological polar surface area (TPSA) is 131 Å². The highest BCUT2D eigenvalue weighted by atomic mass is 31.2. The van der Waals surface area contributed by atoms with Gasteiger partial charge in [0.1, 0.15) is 5.78 Å². The SMILES string of the molecule is COP(=O)(O)OCCCCNC(=O)NC(CC(C)=O)C(C)=O. The molecule has 2 atom stereocenters. The largest absolute Gasteiger partial charge is 0.471 e. The molecule has 2 unspecified atom stereocenters. The Morgan fingerprint density at radius 1 is 1.23 bits per heavy atom. The number of unbranched alkanes of at least 4 members (excludes halogenated alkanes) is 1. The fourth-order valence-electron chi connectivity index (χ4n) is 1.45. The van der Waals surface area contributed by atoms with Gasteiger partial charge in [0.2, 0.25) is 0 Å². The Kier molecular flexibility index (Phi) is 9.84.